The highest BCUT2D eigenvalue weighted by Gasteiger charge is 2.15. The molecule has 0 atom stereocenters. The van der Waals surface area contributed by atoms with Crippen LogP contribution in [0.15, 0.2) is 29.2 Å². The predicted molar refractivity (Wildman–Crippen MR) is 92.4 cm³/mol. The Morgan fingerprint density at radius 2 is 2.05 bits per heavy atom. The highest BCUT2D eigenvalue weighted by molar-refractivity contribution is 7.99. The van der Waals surface area contributed by atoms with E-state index in [0.29, 0.717) is 6.04 Å². The third-order valence-corrected chi connectivity index (χ3v) is 4.46. The lowest BCUT2D eigenvalue weighted by atomic mass is 9.89. The first kappa shape index (κ1) is 18.1. The summed E-state index contributed by atoms with van der Waals surface area (Å²) < 4.78 is 0. The van der Waals surface area contributed by atoms with E-state index in [-0.39, 0.29) is 5.41 Å². The lowest BCUT2D eigenvalue weighted by Gasteiger charge is -2.14. The molecule has 116 valence electrons. The second kappa shape index (κ2) is 9.12. The topological polar surface area (TPSA) is 35.8 Å². The van der Waals surface area contributed by atoms with Crippen LogP contribution in [0.5, 0.6) is 0 Å². The largest absolute Gasteiger partial charge is 0.310 e. The van der Waals surface area contributed by atoms with Gasteiger partial charge in [0.25, 0.3) is 0 Å². The van der Waals surface area contributed by atoms with Gasteiger partial charge in [0.2, 0.25) is 0 Å². The maximum Gasteiger partial charge on any atom is 0.0683 e. The smallest absolute Gasteiger partial charge is 0.0683 e. The van der Waals surface area contributed by atoms with E-state index < -0.39 is 0 Å². The number of nitrogens with zero attached hydrogens (tertiary/aromatic N) is 1. The summed E-state index contributed by atoms with van der Waals surface area (Å²) >= 11 is 1.92. The molecule has 0 heterocycles. The van der Waals surface area contributed by atoms with Gasteiger partial charge in [-0.2, -0.15) is 5.26 Å². The molecule has 1 N–H and O–H groups in total. The molecule has 1 aromatic carbocycles. The molecule has 1 aromatic rings. The van der Waals surface area contributed by atoms with Gasteiger partial charge in [0.1, 0.15) is 0 Å². The van der Waals surface area contributed by atoms with Crippen molar-refractivity contribution >= 4 is 11.8 Å². The molecule has 2 nitrogen and oxygen atoms in total. The van der Waals surface area contributed by atoms with Gasteiger partial charge in [-0.15, -0.1) is 11.8 Å². The highest BCUT2D eigenvalue weighted by atomic mass is 32.2. The van der Waals surface area contributed by atoms with Crippen molar-refractivity contribution in [3.63, 3.8) is 0 Å². The fraction of sp³-hybridized carbons (Fsp3) is 0.611. The summed E-state index contributed by atoms with van der Waals surface area (Å²) in [6.45, 7) is 9.31. The molecule has 1 rings (SSSR count). The number of nitriles is 1. The first-order chi connectivity index (χ1) is 9.93. The molecule has 3 heteroatoms. The zero-order valence-corrected chi connectivity index (χ0v) is 14.6. The van der Waals surface area contributed by atoms with Gasteiger partial charge in [-0.05, 0) is 50.1 Å². The van der Waals surface area contributed by atoms with E-state index >= 15 is 0 Å². The molecular weight excluding hydrogens is 276 g/mol. The molecule has 0 spiro atoms. The summed E-state index contributed by atoms with van der Waals surface area (Å²) in [5, 5.41) is 12.4. The fourth-order valence-corrected chi connectivity index (χ4v) is 2.98. The average Bonchev–Trinajstić information content (AvgIpc) is 2.45. The van der Waals surface area contributed by atoms with Crippen LogP contribution in [0, 0.1) is 16.7 Å². The maximum atomic E-state index is 8.99. The van der Waals surface area contributed by atoms with E-state index in [4.69, 9.17) is 5.26 Å². The van der Waals surface area contributed by atoms with Crippen molar-refractivity contribution in [2.45, 2.75) is 64.4 Å². The lowest BCUT2D eigenvalue weighted by Crippen LogP contribution is -2.21. The van der Waals surface area contributed by atoms with Crippen LogP contribution in [-0.2, 0) is 6.54 Å². The zero-order chi connectivity index (χ0) is 15.7. The third kappa shape index (κ3) is 8.14. The van der Waals surface area contributed by atoms with Gasteiger partial charge in [-0.1, -0.05) is 32.4 Å². The standard InChI is InChI=1S/C18H28N2S/c1-15(2)20-13-16-8-7-9-17(12-16)21-11-6-5-10-18(3,4)14-19/h7-9,12,15,20H,5-6,10-11,13H2,1-4H3. The fourth-order valence-electron chi connectivity index (χ4n) is 1.98. The number of nitrogens with one attached hydrogen (secondary N) is 1. The molecular formula is C18H28N2S. The van der Waals surface area contributed by atoms with Crippen LogP contribution in [0.4, 0.5) is 0 Å². The van der Waals surface area contributed by atoms with Crippen molar-refractivity contribution in [2.24, 2.45) is 5.41 Å². The van der Waals surface area contributed by atoms with Crippen molar-refractivity contribution in [1.29, 1.82) is 5.26 Å². The zero-order valence-electron chi connectivity index (χ0n) is 13.8. The highest BCUT2D eigenvalue weighted by Crippen LogP contribution is 2.25. The van der Waals surface area contributed by atoms with E-state index in [0.717, 1.165) is 25.1 Å². The first-order valence-electron chi connectivity index (χ1n) is 7.79. The summed E-state index contributed by atoms with van der Waals surface area (Å²) in [6, 6.07) is 11.7. The van der Waals surface area contributed by atoms with E-state index in [1.54, 1.807) is 0 Å². The van der Waals surface area contributed by atoms with Crippen LogP contribution >= 0.6 is 11.8 Å². The van der Waals surface area contributed by atoms with Gasteiger partial charge in [-0.3, -0.25) is 0 Å². The molecule has 0 bridgehead atoms. The Morgan fingerprint density at radius 1 is 1.29 bits per heavy atom. The molecule has 21 heavy (non-hydrogen) atoms. The minimum Gasteiger partial charge on any atom is -0.310 e. The van der Waals surface area contributed by atoms with Crippen LogP contribution in [0.1, 0.15) is 52.5 Å². The second-order valence-electron chi connectivity index (χ2n) is 6.48. The van der Waals surface area contributed by atoms with Gasteiger partial charge in [0.05, 0.1) is 11.5 Å². The van der Waals surface area contributed by atoms with Crippen molar-refractivity contribution in [2.75, 3.05) is 5.75 Å². The average molecular weight is 305 g/mol. The Hall–Kier alpha value is -0.980. The molecule has 0 aliphatic carbocycles. The monoisotopic (exact) mass is 304 g/mol. The van der Waals surface area contributed by atoms with Crippen molar-refractivity contribution in [3.05, 3.63) is 29.8 Å². The van der Waals surface area contributed by atoms with E-state index in [9.17, 15) is 0 Å². The predicted octanol–water partition coefficient (Wildman–Crippen LogP) is 5.00. The molecule has 0 radical (unpaired) electrons. The van der Waals surface area contributed by atoms with Crippen molar-refractivity contribution in [1.82, 2.24) is 5.32 Å². The first-order valence-corrected chi connectivity index (χ1v) is 8.78. The number of hydrogen-bond donors (Lipinski definition) is 1. The summed E-state index contributed by atoms with van der Waals surface area (Å²) in [7, 11) is 0. The Labute approximate surface area is 134 Å². The summed E-state index contributed by atoms with van der Waals surface area (Å²) in [5.41, 5.74) is 1.17. The maximum absolute atomic E-state index is 8.99. The van der Waals surface area contributed by atoms with Crippen molar-refractivity contribution in [3.8, 4) is 6.07 Å². The Balaban J connectivity index is 2.29. The van der Waals surface area contributed by atoms with Crippen LogP contribution in [0.3, 0.4) is 0 Å². The quantitative estimate of drug-likeness (QED) is 0.515. The molecule has 0 aliphatic rings. The molecule has 0 fully saturated rings. The van der Waals surface area contributed by atoms with Crippen LogP contribution in [0.25, 0.3) is 0 Å². The van der Waals surface area contributed by atoms with Crippen LogP contribution < -0.4 is 5.32 Å². The van der Waals surface area contributed by atoms with Crippen molar-refractivity contribution < 1.29 is 0 Å². The van der Waals surface area contributed by atoms with Gasteiger partial charge < -0.3 is 5.32 Å². The van der Waals surface area contributed by atoms with E-state index in [1.165, 1.54) is 16.9 Å². The Bertz CT molecular complexity index is 461. The molecule has 0 unspecified atom stereocenters. The minimum absolute atomic E-state index is 0.174. The lowest BCUT2D eigenvalue weighted by molar-refractivity contribution is 0.433. The number of rotatable bonds is 9. The summed E-state index contributed by atoms with van der Waals surface area (Å²) in [6.07, 6.45) is 3.29. The van der Waals surface area contributed by atoms with Crippen LogP contribution in [-0.4, -0.2) is 11.8 Å². The Kier molecular flexibility index (Phi) is 7.85. The molecule has 0 amide bonds. The van der Waals surface area contributed by atoms with E-state index in [2.05, 4.69) is 49.5 Å². The normalized spacial score (nSPS) is 11.6. The van der Waals surface area contributed by atoms with Crippen LogP contribution in [0.2, 0.25) is 0 Å². The molecule has 0 aliphatic heterocycles. The SMILES string of the molecule is CC(C)NCc1cccc(SCCCCC(C)(C)C#N)c1. The minimum atomic E-state index is -0.174. The summed E-state index contributed by atoms with van der Waals surface area (Å²) in [5.74, 6) is 1.13. The molecule has 0 aromatic heterocycles. The number of thioether (sulfide) groups is 1. The van der Waals surface area contributed by atoms with Gasteiger partial charge in [-0.25, -0.2) is 0 Å². The Morgan fingerprint density at radius 3 is 2.71 bits per heavy atom. The second-order valence-corrected chi connectivity index (χ2v) is 7.65. The number of benzene rings is 1. The molecule has 0 saturated carbocycles. The number of hydrogen-bond acceptors (Lipinski definition) is 3. The molecule has 0 saturated heterocycles. The number of unbranched alkanes of at least 4 members (excludes halogenated alkanes) is 1. The van der Waals surface area contributed by atoms with E-state index in [1.807, 2.05) is 25.6 Å². The summed E-state index contributed by atoms with van der Waals surface area (Å²) in [4.78, 5) is 1.34. The van der Waals surface area contributed by atoms with Gasteiger partial charge in [0.15, 0.2) is 0 Å². The third-order valence-electron chi connectivity index (χ3n) is 3.38. The van der Waals surface area contributed by atoms with Gasteiger partial charge in [0, 0.05) is 17.5 Å². The van der Waals surface area contributed by atoms with Gasteiger partial charge >= 0.3 is 0 Å².